The predicted octanol–water partition coefficient (Wildman–Crippen LogP) is 5.82. The zero-order valence-corrected chi connectivity index (χ0v) is 14.5. The molecule has 1 nitrogen and oxygen atoms in total. The normalized spacial score (nSPS) is 19.8. The molecule has 0 spiro atoms. The molecule has 116 valence electrons. The zero-order valence-electron chi connectivity index (χ0n) is 13.6. The quantitative estimate of drug-likeness (QED) is 0.635. The van der Waals surface area contributed by atoms with E-state index in [2.05, 4.69) is 56.3 Å². The van der Waals surface area contributed by atoms with Gasteiger partial charge in [-0.05, 0) is 29.5 Å². The third kappa shape index (κ3) is 2.57. The van der Waals surface area contributed by atoms with Gasteiger partial charge >= 0.3 is 0 Å². The minimum Gasteiger partial charge on any atom is -0.318 e. The second kappa shape index (κ2) is 6.42. The van der Waals surface area contributed by atoms with Crippen LogP contribution >= 0.6 is 7.14 Å². The van der Waals surface area contributed by atoms with E-state index >= 15 is 0 Å². The highest BCUT2D eigenvalue weighted by atomic mass is 31.2. The Morgan fingerprint density at radius 1 is 0.909 bits per heavy atom. The predicted molar refractivity (Wildman–Crippen MR) is 96.4 cm³/mol. The van der Waals surface area contributed by atoms with E-state index in [-0.39, 0.29) is 0 Å². The van der Waals surface area contributed by atoms with Crippen LogP contribution in [0.1, 0.15) is 45.1 Å². The maximum absolute atomic E-state index is 14.1. The molecule has 0 N–H and O–H groups in total. The Balaban J connectivity index is 2.16. The highest BCUT2D eigenvalue weighted by molar-refractivity contribution is 7.72. The van der Waals surface area contributed by atoms with E-state index in [9.17, 15) is 4.57 Å². The molecule has 0 amide bonds. The molecule has 1 aliphatic rings. The van der Waals surface area contributed by atoms with E-state index in [0.29, 0.717) is 5.66 Å². The summed E-state index contributed by atoms with van der Waals surface area (Å²) in [7, 11) is -2.38. The molecule has 1 atom stereocenters. The SMILES string of the molecule is CCCC(CCC)P1(=O)Cc2ccccc2-c2ccccc21. The van der Waals surface area contributed by atoms with Crippen molar-refractivity contribution in [2.45, 2.75) is 51.4 Å². The summed E-state index contributed by atoms with van der Waals surface area (Å²) in [5.74, 6) is 0. The van der Waals surface area contributed by atoms with Crippen molar-refractivity contribution in [1.82, 2.24) is 0 Å². The maximum atomic E-state index is 14.1. The van der Waals surface area contributed by atoms with Gasteiger partial charge in [-0.2, -0.15) is 0 Å². The lowest BCUT2D eigenvalue weighted by Gasteiger charge is -2.34. The van der Waals surface area contributed by atoms with E-state index in [1.54, 1.807) is 0 Å². The molecule has 0 radical (unpaired) electrons. The van der Waals surface area contributed by atoms with Gasteiger partial charge in [-0.1, -0.05) is 75.2 Å². The van der Waals surface area contributed by atoms with E-state index in [4.69, 9.17) is 0 Å². The molecule has 2 aromatic carbocycles. The number of hydrogen-bond acceptors (Lipinski definition) is 1. The van der Waals surface area contributed by atoms with Crippen LogP contribution in [0.15, 0.2) is 48.5 Å². The fraction of sp³-hybridized carbons (Fsp3) is 0.400. The molecule has 1 aliphatic heterocycles. The molecule has 1 unspecified atom stereocenters. The van der Waals surface area contributed by atoms with Crippen LogP contribution in [-0.2, 0) is 10.7 Å². The first kappa shape index (κ1) is 15.6. The Bertz CT molecular complexity index is 698. The first-order valence-electron chi connectivity index (χ1n) is 8.47. The Morgan fingerprint density at radius 3 is 2.18 bits per heavy atom. The van der Waals surface area contributed by atoms with Crippen LogP contribution < -0.4 is 5.30 Å². The molecular weight excluding hydrogens is 287 g/mol. The van der Waals surface area contributed by atoms with E-state index < -0.39 is 7.14 Å². The van der Waals surface area contributed by atoms with Crippen molar-refractivity contribution in [2.75, 3.05) is 0 Å². The van der Waals surface area contributed by atoms with Crippen LogP contribution in [0.3, 0.4) is 0 Å². The number of fused-ring (bicyclic) bond motifs is 3. The smallest absolute Gasteiger partial charge is 0.123 e. The van der Waals surface area contributed by atoms with Crippen molar-refractivity contribution in [1.29, 1.82) is 0 Å². The highest BCUT2D eigenvalue weighted by Crippen LogP contribution is 2.60. The van der Waals surface area contributed by atoms with Gasteiger partial charge in [0.25, 0.3) is 0 Å². The molecule has 0 bridgehead atoms. The van der Waals surface area contributed by atoms with Gasteiger partial charge in [0.2, 0.25) is 0 Å². The summed E-state index contributed by atoms with van der Waals surface area (Å²) in [6.45, 7) is 4.41. The highest BCUT2D eigenvalue weighted by Gasteiger charge is 2.39. The Hall–Kier alpha value is -1.33. The van der Waals surface area contributed by atoms with Crippen LogP contribution in [0.2, 0.25) is 0 Å². The van der Waals surface area contributed by atoms with Gasteiger partial charge in [0.15, 0.2) is 0 Å². The molecule has 22 heavy (non-hydrogen) atoms. The van der Waals surface area contributed by atoms with E-state index in [1.807, 2.05) is 6.07 Å². The van der Waals surface area contributed by atoms with Gasteiger partial charge in [-0.3, -0.25) is 0 Å². The lowest BCUT2D eigenvalue weighted by molar-refractivity contribution is 0.551. The average molecular weight is 312 g/mol. The second-order valence-corrected chi connectivity index (χ2v) is 9.48. The lowest BCUT2D eigenvalue weighted by Crippen LogP contribution is -2.24. The van der Waals surface area contributed by atoms with Gasteiger partial charge in [-0.15, -0.1) is 0 Å². The fourth-order valence-corrected chi connectivity index (χ4v) is 7.74. The zero-order chi connectivity index (χ0) is 15.6. The van der Waals surface area contributed by atoms with Crippen LogP contribution in [0.5, 0.6) is 0 Å². The van der Waals surface area contributed by atoms with E-state index in [0.717, 1.165) is 37.1 Å². The first-order chi connectivity index (χ1) is 10.7. The van der Waals surface area contributed by atoms with Crippen LogP contribution in [0.25, 0.3) is 11.1 Å². The Morgan fingerprint density at radius 2 is 1.50 bits per heavy atom. The summed E-state index contributed by atoms with van der Waals surface area (Å²) < 4.78 is 14.1. The summed E-state index contributed by atoms with van der Waals surface area (Å²) in [5.41, 5.74) is 4.07. The molecule has 3 rings (SSSR count). The van der Waals surface area contributed by atoms with Crippen molar-refractivity contribution in [3.63, 3.8) is 0 Å². The van der Waals surface area contributed by atoms with Gasteiger partial charge in [0.05, 0.1) is 0 Å². The fourth-order valence-electron chi connectivity index (χ4n) is 3.84. The maximum Gasteiger partial charge on any atom is 0.123 e. The molecule has 0 fully saturated rings. The molecule has 1 heterocycles. The number of benzene rings is 2. The summed E-state index contributed by atoms with van der Waals surface area (Å²) in [4.78, 5) is 0. The molecule has 2 aromatic rings. The molecule has 0 saturated heterocycles. The molecule has 0 aromatic heterocycles. The van der Waals surface area contributed by atoms with Gasteiger partial charge in [0.1, 0.15) is 7.14 Å². The Labute approximate surface area is 134 Å². The molecule has 0 saturated carbocycles. The van der Waals surface area contributed by atoms with Gasteiger partial charge < -0.3 is 4.57 Å². The van der Waals surface area contributed by atoms with Crippen molar-refractivity contribution in [2.24, 2.45) is 0 Å². The summed E-state index contributed by atoms with van der Waals surface area (Å²) in [5, 5.41) is 1.13. The molecule has 0 aliphatic carbocycles. The van der Waals surface area contributed by atoms with Crippen LogP contribution in [-0.4, -0.2) is 5.66 Å². The second-order valence-electron chi connectivity index (χ2n) is 6.36. The minimum atomic E-state index is -2.38. The van der Waals surface area contributed by atoms with Gasteiger partial charge in [-0.25, -0.2) is 0 Å². The minimum absolute atomic E-state index is 0.331. The number of hydrogen-bond donors (Lipinski definition) is 0. The Kier molecular flexibility index (Phi) is 4.54. The molecule has 2 heteroatoms. The van der Waals surface area contributed by atoms with Crippen LogP contribution in [0, 0.1) is 0 Å². The summed E-state index contributed by atoms with van der Waals surface area (Å²) >= 11 is 0. The van der Waals surface area contributed by atoms with Crippen LogP contribution in [0.4, 0.5) is 0 Å². The third-order valence-electron chi connectivity index (χ3n) is 4.86. The largest absolute Gasteiger partial charge is 0.318 e. The average Bonchev–Trinajstić information content (AvgIpc) is 2.55. The lowest BCUT2D eigenvalue weighted by atomic mass is 10.0. The van der Waals surface area contributed by atoms with Crippen molar-refractivity contribution in [3.05, 3.63) is 54.1 Å². The van der Waals surface area contributed by atoms with Crippen molar-refractivity contribution in [3.8, 4) is 11.1 Å². The summed E-state index contributed by atoms with van der Waals surface area (Å²) in [6, 6.07) is 16.9. The molecular formula is C20H25OP. The number of rotatable bonds is 5. The standard InChI is InChI=1S/C20H25OP/c1-3-9-17(10-4-2)22(21)15-16-11-5-6-12-18(16)19-13-7-8-14-20(19)22/h5-8,11-14,17H,3-4,9-10,15H2,1-2H3. The third-order valence-corrected chi connectivity index (χ3v) is 8.57. The van der Waals surface area contributed by atoms with Crippen molar-refractivity contribution >= 4 is 12.4 Å². The topological polar surface area (TPSA) is 17.1 Å². The first-order valence-corrected chi connectivity index (χ1v) is 10.4. The summed E-state index contributed by atoms with van der Waals surface area (Å²) in [6.07, 6.45) is 5.10. The monoisotopic (exact) mass is 312 g/mol. The van der Waals surface area contributed by atoms with Gasteiger partial charge in [0, 0.05) is 17.1 Å². The van der Waals surface area contributed by atoms with Crippen molar-refractivity contribution < 1.29 is 4.57 Å². The van der Waals surface area contributed by atoms with E-state index in [1.165, 1.54) is 16.7 Å².